The predicted octanol–water partition coefficient (Wildman–Crippen LogP) is 5.07. The molecule has 0 aliphatic carbocycles. The topological polar surface area (TPSA) is 39.3 Å². The first kappa shape index (κ1) is 24.7. The van der Waals surface area contributed by atoms with Crippen molar-refractivity contribution < 1.29 is 9.53 Å². The Hall–Kier alpha value is -3.38. The van der Waals surface area contributed by atoms with Crippen LogP contribution in [0, 0.1) is 0 Å². The smallest absolute Gasteiger partial charge is 0.340 e. The number of hydrogen-bond acceptors (Lipinski definition) is 6. The number of nitrogens with zero attached hydrogens (tertiary/aromatic N) is 4. The molecule has 0 radical (unpaired) electrons. The Morgan fingerprint density at radius 1 is 0.629 bits per heavy atom. The van der Waals surface area contributed by atoms with Crippen molar-refractivity contribution in [1.29, 1.82) is 0 Å². The van der Waals surface area contributed by atoms with Gasteiger partial charge in [0.15, 0.2) is 5.60 Å². The van der Waals surface area contributed by atoms with E-state index in [9.17, 15) is 4.79 Å². The zero-order valence-electron chi connectivity index (χ0n) is 21.7. The second-order valence-corrected chi connectivity index (χ2v) is 10.2. The van der Waals surface area contributed by atoms with Gasteiger partial charge in [-0.3, -0.25) is 0 Å². The molecule has 1 aliphatic rings. The Morgan fingerprint density at radius 3 is 1.51 bits per heavy atom. The van der Waals surface area contributed by atoms with E-state index < -0.39 is 5.60 Å². The summed E-state index contributed by atoms with van der Waals surface area (Å²) in [7, 11) is 16.1. The number of carbonyl (C=O) groups is 1. The molecule has 1 aliphatic heterocycles. The summed E-state index contributed by atoms with van der Waals surface area (Å²) in [6, 6.07) is 18.0. The summed E-state index contributed by atoms with van der Waals surface area (Å²) >= 11 is 6.31. The van der Waals surface area contributed by atoms with E-state index in [0.29, 0.717) is 10.6 Å². The molecule has 0 atom stereocenters. The minimum Gasteiger partial charge on any atom is -0.440 e. The van der Waals surface area contributed by atoms with Crippen molar-refractivity contribution in [3.05, 3.63) is 81.9 Å². The monoisotopic (exact) mass is 492 g/mol. The minimum absolute atomic E-state index is 0.384. The molecule has 3 aromatic rings. The quantitative estimate of drug-likeness (QED) is 0.447. The van der Waals surface area contributed by atoms with Gasteiger partial charge in [-0.15, -0.1) is 0 Å². The molecule has 35 heavy (non-hydrogen) atoms. The highest BCUT2D eigenvalue weighted by molar-refractivity contribution is 6.31. The van der Waals surface area contributed by atoms with Gasteiger partial charge in [0.25, 0.3) is 0 Å². The van der Waals surface area contributed by atoms with Crippen molar-refractivity contribution >= 4 is 40.3 Å². The normalized spacial score (nSPS) is 13.8. The Balaban J connectivity index is 2.14. The third-order valence-electron chi connectivity index (χ3n) is 6.54. The second kappa shape index (κ2) is 9.00. The molecule has 0 saturated heterocycles. The molecule has 7 heteroatoms. The van der Waals surface area contributed by atoms with Crippen LogP contribution in [0.15, 0.2) is 54.6 Å². The van der Waals surface area contributed by atoms with Crippen LogP contribution in [0.25, 0.3) is 0 Å². The van der Waals surface area contributed by atoms with Gasteiger partial charge in [-0.25, -0.2) is 4.79 Å². The van der Waals surface area contributed by atoms with Crippen LogP contribution >= 0.6 is 11.6 Å². The zero-order chi connectivity index (χ0) is 25.7. The molecule has 0 saturated carbocycles. The molecule has 6 nitrogen and oxygen atoms in total. The average molecular weight is 493 g/mol. The predicted molar refractivity (Wildman–Crippen MR) is 147 cm³/mol. The number of cyclic esters (lactones) is 1. The van der Waals surface area contributed by atoms with Crippen LogP contribution in [0.1, 0.15) is 27.0 Å². The van der Waals surface area contributed by atoms with Crippen LogP contribution in [-0.2, 0) is 10.3 Å². The molecule has 0 amide bonds. The van der Waals surface area contributed by atoms with Gasteiger partial charge in [0.2, 0.25) is 0 Å². The van der Waals surface area contributed by atoms with Crippen molar-refractivity contribution in [2.24, 2.45) is 0 Å². The Morgan fingerprint density at radius 2 is 1.09 bits per heavy atom. The third-order valence-corrected chi connectivity index (χ3v) is 6.78. The number of hydrogen-bond donors (Lipinski definition) is 0. The molecular formula is C28H33ClN4O2. The highest BCUT2D eigenvalue weighted by Gasteiger charge is 2.51. The van der Waals surface area contributed by atoms with Crippen LogP contribution in [0.3, 0.4) is 0 Å². The van der Waals surface area contributed by atoms with Crippen LogP contribution in [0.4, 0.5) is 22.7 Å². The van der Waals surface area contributed by atoms with E-state index in [1.54, 1.807) is 6.07 Å². The van der Waals surface area contributed by atoms with Crippen molar-refractivity contribution in [1.82, 2.24) is 0 Å². The van der Waals surface area contributed by atoms with Crippen LogP contribution < -0.4 is 19.6 Å². The number of rotatable bonds is 6. The molecule has 4 rings (SSSR count). The van der Waals surface area contributed by atoms with Gasteiger partial charge >= 0.3 is 5.97 Å². The average Bonchev–Trinajstić information content (AvgIpc) is 3.10. The van der Waals surface area contributed by atoms with Gasteiger partial charge in [-0.2, -0.15) is 0 Å². The highest BCUT2D eigenvalue weighted by atomic mass is 35.5. The van der Waals surface area contributed by atoms with Gasteiger partial charge in [0, 0.05) is 101 Å². The van der Waals surface area contributed by atoms with Gasteiger partial charge in [-0.05, 0) is 36.4 Å². The number of esters is 1. The first-order chi connectivity index (χ1) is 16.5. The van der Waals surface area contributed by atoms with Gasteiger partial charge < -0.3 is 24.3 Å². The first-order valence-electron chi connectivity index (χ1n) is 11.5. The van der Waals surface area contributed by atoms with E-state index in [1.807, 2.05) is 68.5 Å². The summed E-state index contributed by atoms with van der Waals surface area (Å²) in [5.41, 5.74) is 5.96. The summed E-state index contributed by atoms with van der Waals surface area (Å²) in [5, 5.41) is 0.503. The van der Waals surface area contributed by atoms with E-state index in [2.05, 4.69) is 56.0 Å². The Labute approximate surface area is 213 Å². The molecule has 1 heterocycles. The molecule has 3 aromatic carbocycles. The van der Waals surface area contributed by atoms with Crippen molar-refractivity contribution in [3.8, 4) is 0 Å². The molecule has 0 unspecified atom stereocenters. The molecule has 184 valence electrons. The lowest BCUT2D eigenvalue weighted by molar-refractivity contribution is 0.0254. The van der Waals surface area contributed by atoms with Crippen molar-refractivity contribution in [3.63, 3.8) is 0 Å². The largest absolute Gasteiger partial charge is 0.440 e. The number of anilines is 4. The number of halogens is 1. The SMILES string of the molecule is CN(C)c1ccc(C2(c3ccc(N(C)C)cc3N(C)C)OC(=O)c3cc(Cl)ccc32)c(N(C)C)c1. The molecule has 0 aromatic heterocycles. The summed E-state index contributed by atoms with van der Waals surface area (Å²) in [4.78, 5) is 21.6. The molecular weight excluding hydrogens is 460 g/mol. The van der Waals surface area contributed by atoms with Crippen molar-refractivity contribution in [2.75, 3.05) is 76.0 Å². The summed E-state index contributed by atoms with van der Waals surface area (Å²) in [5.74, 6) is -0.384. The lowest BCUT2D eigenvalue weighted by Gasteiger charge is -2.37. The fourth-order valence-electron chi connectivity index (χ4n) is 4.72. The molecule has 0 N–H and O–H groups in total. The lowest BCUT2D eigenvalue weighted by atomic mass is 9.77. The Bertz CT molecular complexity index is 1220. The maximum absolute atomic E-state index is 13.4. The Kier molecular flexibility index (Phi) is 6.36. The van der Waals surface area contributed by atoms with Gasteiger partial charge in [0.05, 0.1) is 5.56 Å². The highest BCUT2D eigenvalue weighted by Crippen LogP contribution is 2.53. The fourth-order valence-corrected chi connectivity index (χ4v) is 4.89. The second-order valence-electron chi connectivity index (χ2n) is 9.74. The van der Waals surface area contributed by atoms with Gasteiger partial charge in [-0.1, -0.05) is 29.8 Å². The van der Waals surface area contributed by atoms with E-state index in [4.69, 9.17) is 16.3 Å². The number of carbonyl (C=O) groups excluding carboxylic acids is 1. The number of fused-ring (bicyclic) bond motifs is 1. The first-order valence-corrected chi connectivity index (χ1v) is 11.9. The van der Waals surface area contributed by atoms with E-state index >= 15 is 0 Å². The maximum atomic E-state index is 13.4. The van der Waals surface area contributed by atoms with Gasteiger partial charge in [0.1, 0.15) is 0 Å². The summed E-state index contributed by atoms with van der Waals surface area (Å²) in [6.45, 7) is 0. The number of benzene rings is 3. The van der Waals surface area contributed by atoms with E-state index in [0.717, 1.165) is 39.4 Å². The van der Waals surface area contributed by atoms with Crippen molar-refractivity contribution in [2.45, 2.75) is 5.60 Å². The summed E-state index contributed by atoms with van der Waals surface area (Å²) in [6.07, 6.45) is 0. The lowest BCUT2D eigenvalue weighted by Crippen LogP contribution is -2.34. The standard InChI is InChI=1S/C28H33ClN4O2/c1-30(2)19-10-13-23(25(16-19)32(5)6)28(22-12-9-18(29)15-21(22)27(34)35-28)24-14-11-20(31(3)4)17-26(24)33(7)8/h9-17H,1-8H3. The van der Waals surface area contributed by atoms with Crippen LogP contribution in [-0.4, -0.2) is 62.4 Å². The minimum atomic E-state index is -1.15. The molecule has 0 fully saturated rings. The zero-order valence-corrected chi connectivity index (χ0v) is 22.4. The maximum Gasteiger partial charge on any atom is 0.340 e. The fraction of sp³-hybridized carbons (Fsp3) is 0.321. The van der Waals surface area contributed by atoms with E-state index in [-0.39, 0.29) is 5.97 Å². The number of ether oxygens (including phenoxy) is 1. The third kappa shape index (κ3) is 4.06. The molecule has 0 bridgehead atoms. The van der Waals surface area contributed by atoms with Crippen LogP contribution in [0.5, 0.6) is 0 Å². The molecule has 0 spiro atoms. The van der Waals surface area contributed by atoms with Crippen LogP contribution in [0.2, 0.25) is 5.02 Å². The summed E-state index contributed by atoms with van der Waals surface area (Å²) < 4.78 is 6.45. The van der Waals surface area contributed by atoms with E-state index in [1.165, 1.54) is 0 Å².